The van der Waals surface area contributed by atoms with Crippen molar-refractivity contribution in [2.24, 2.45) is 14.1 Å². The molecule has 0 saturated heterocycles. The minimum atomic E-state index is -4.48. The van der Waals surface area contributed by atoms with Gasteiger partial charge in [-0.3, -0.25) is 43.5 Å². The molecule has 0 aromatic carbocycles. The highest BCUT2D eigenvalue weighted by Gasteiger charge is 2.31. The molecule has 0 amide bonds. The topological polar surface area (TPSA) is 160 Å². The van der Waals surface area contributed by atoms with Gasteiger partial charge in [-0.2, -0.15) is 41.6 Å². The zero-order valence-electron chi connectivity index (χ0n) is 30.6. The van der Waals surface area contributed by atoms with Gasteiger partial charge < -0.3 is 4.74 Å². The van der Waals surface area contributed by atoms with Crippen molar-refractivity contribution in [3.8, 4) is 28.7 Å². The molecule has 6 rings (SSSR count). The maximum absolute atomic E-state index is 13.0. The zero-order chi connectivity index (χ0) is 43.7. The lowest BCUT2D eigenvalue weighted by molar-refractivity contribution is -0.143. The highest BCUT2D eigenvalue weighted by atomic mass is 35.5. The summed E-state index contributed by atoms with van der Waals surface area (Å²) in [7, 11) is 2.60. The van der Waals surface area contributed by atoms with Gasteiger partial charge in [0.15, 0.2) is 12.6 Å². The van der Waals surface area contributed by atoms with E-state index in [9.17, 15) is 58.3 Å². The fourth-order valence-corrected chi connectivity index (χ4v) is 5.44. The number of aldehydes is 2. The quantitative estimate of drug-likeness (QED) is 0.0738. The van der Waals surface area contributed by atoms with Crippen LogP contribution in [0.25, 0.3) is 22.8 Å². The number of H-pyrrole nitrogens is 1. The van der Waals surface area contributed by atoms with Crippen LogP contribution in [0.5, 0.6) is 5.88 Å². The number of nitrogens with one attached hydrogen (secondary N) is 1. The zero-order valence-corrected chi connectivity index (χ0v) is 32.2. The maximum Gasteiger partial charge on any atom is 0.408 e. The SMILES string of the molecule is Cl.Cn1[nH]c(C(F)F)c(C=O)c1=O.Cn1nc(C(F)F)c(C=O)c1OCc1cccnc1-c1ccnn1CC(F)(F)F.FC(F)(F)Cn1nccc1-c1ncccc1CCl. The Balaban J connectivity index is 0.000000264. The van der Waals surface area contributed by atoms with Gasteiger partial charge in [0.2, 0.25) is 5.88 Å². The largest absolute Gasteiger partial charge is 0.472 e. The van der Waals surface area contributed by atoms with E-state index in [0.717, 1.165) is 18.7 Å². The van der Waals surface area contributed by atoms with Crippen molar-refractivity contribution in [3.05, 3.63) is 105 Å². The molecule has 324 valence electrons. The lowest BCUT2D eigenvalue weighted by Gasteiger charge is -2.13. The van der Waals surface area contributed by atoms with Crippen LogP contribution in [0, 0.1) is 0 Å². The van der Waals surface area contributed by atoms with Crippen LogP contribution in [0.4, 0.5) is 43.9 Å². The van der Waals surface area contributed by atoms with Crippen molar-refractivity contribution in [1.82, 2.24) is 49.1 Å². The predicted molar refractivity (Wildman–Crippen MR) is 194 cm³/mol. The van der Waals surface area contributed by atoms with E-state index < -0.39 is 66.4 Å². The van der Waals surface area contributed by atoms with E-state index in [0.29, 0.717) is 22.5 Å². The van der Waals surface area contributed by atoms with Crippen LogP contribution in [0.3, 0.4) is 0 Å². The van der Waals surface area contributed by atoms with Crippen molar-refractivity contribution >= 4 is 36.6 Å². The molecule has 0 spiro atoms. The average Bonchev–Trinajstić information content (AvgIpc) is 3.96. The average molecular weight is 904 g/mol. The second kappa shape index (κ2) is 20.8. The van der Waals surface area contributed by atoms with Crippen LogP contribution in [0.2, 0.25) is 0 Å². The molecule has 6 aromatic rings. The molecule has 0 aliphatic rings. The van der Waals surface area contributed by atoms with E-state index in [1.165, 1.54) is 51.0 Å². The maximum atomic E-state index is 13.0. The number of nitrogens with zero attached hydrogens (tertiary/aromatic N) is 9. The van der Waals surface area contributed by atoms with Crippen LogP contribution in [0.15, 0.2) is 66.0 Å². The lowest BCUT2D eigenvalue weighted by atomic mass is 10.1. The third kappa shape index (κ3) is 12.2. The number of aromatic nitrogens is 10. The fraction of sp³-hybridized carbons (Fsp3) is 0.294. The number of hydrogen-bond acceptors (Lipinski definition) is 9. The molecule has 0 radical (unpaired) electrons. The first kappa shape index (κ1) is 48.3. The molecular weight excluding hydrogens is 873 g/mol. The summed E-state index contributed by atoms with van der Waals surface area (Å²) in [5.41, 5.74) is -0.921. The van der Waals surface area contributed by atoms with E-state index in [1.54, 1.807) is 24.3 Å². The van der Waals surface area contributed by atoms with Gasteiger partial charge in [0.25, 0.3) is 18.4 Å². The minimum absolute atomic E-state index is 0. The monoisotopic (exact) mass is 902 g/mol. The van der Waals surface area contributed by atoms with Crippen molar-refractivity contribution in [1.29, 1.82) is 0 Å². The summed E-state index contributed by atoms with van der Waals surface area (Å²) in [5.74, 6) is -0.00528. The van der Waals surface area contributed by atoms with Crippen LogP contribution in [0.1, 0.15) is 56.1 Å². The van der Waals surface area contributed by atoms with Crippen molar-refractivity contribution in [3.63, 3.8) is 0 Å². The molecule has 0 aliphatic heterocycles. The Hall–Kier alpha value is -6.04. The summed E-state index contributed by atoms with van der Waals surface area (Å²) in [4.78, 5) is 40.5. The summed E-state index contributed by atoms with van der Waals surface area (Å²) in [6.45, 7) is -2.70. The van der Waals surface area contributed by atoms with E-state index in [2.05, 4.69) is 30.4 Å². The number of alkyl halides is 11. The first-order chi connectivity index (χ1) is 27.8. The summed E-state index contributed by atoms with van der Waals surface area (Å²) >= 11 is 5.74. The van der Waals surface area contributed by atoms with Gasteiger partial charge in [0.1, 0.15) is 42.2 Å². The molecule has 0 bridgehead atoms. The first-order valence-electron chi connectivity index (χ1n) is 16.4. The van der Waals surface area contributed by atoms with Crippen LogP contribution in [-0.4, -0.2) is 74.0 Å². The number of carbonyl (C=O) groups excluding carboxylic acids is 2. The van der Waals surface area contributed by atoms with Gasteiger partial charge in [-0.25, -0.2) is 22.2 Å². The van der Waals surface area contributed by atoms with Crippen molar-refractivity contribution in [2.45, 2.75) is 50.8 Å². The molecule has 0 unspecified atom stereocenters. The van der Waals surface area contributed by atoms with Gasteiger partial charge in [0, 0.05) is 50.3 Å². The number of hydrogen-bond donors (Lipinski definition) is 1. The summed E-state index contributed by atoms with van der Waals surface area (Å²) in [5, 5.41) is 13.0. The van der Waals surface area contributed by atoms with E-state index >= 15 is 0 Å². The molecular formula is C34H30Cl2F10N10O4. The van der Waals surface area contributed by atoms with Gasteiger partial charge >= 0.3 is 12.4 Å². The van der Waals surface area contributed by atoms with Crippen LogP contribution < -0.4 is 10.3 Å². The number of ether oxygens (including phenoxy) is 1. The number of pyridine rings is 2. The van der Waals surface area contributed by atoms with Gasteiger partial charge in [-0.1, -0.05) is 12.1 Å². The summed E-state index contributed by atoms with van der Waals surface area (Å²) in [6, 6.07) is 9.36. The standard InChI is InChI=1S/C17H14F5N5O2.C11H9ClF3N3.C6H6F2N2O2.ClH/c1-26-16(11(7-28)14(25-26)15(18)19)29-8-10-3-2-5-23-13(10)12-4-6-24-27(12)9-17(20,21)22;12-6-8-2-1-4-16-10(8)9-3-5-17-18(9)7-11(13,14)15;1-10-6(12)3(2-11)4(9-10)5(7)8;/h2-7,15H,8-9H2,1H3;1-5H,6-7H2;2,5,9H,1H3;1H. The van der Waals surface area contributed by atoms with Gasteiger partial charge in [-0.15, -0.1) is 24.0 Å². The Labute approximate surface area is 342 Å². The minimum Gasteiger partial charge on any atom is -0.472 e. The molecule has 6 aromatic heterocycles. The number of carbonyl (C=O) groups is 2. The predicted octanol–water partition coefficient (Wildman–Crippen LogP) is 7.70. The Morgan fingerprint density at radius 3 is 1.70 bits per heavy atom. The Morgan fingerprint density at radius 2 is 1.27 bits per heavy atom. The molecule has 0 atom stereocenters. The Kier molecular flexibility index (Phi) is 16.7. The normalized spacial score (nSPS) is 11.4. The smallest absolute Gasteiger partial charge is 0.408 e. The molecule has 1 N–H and O–H groups in total. The molecule has 0 aliphatic carbocycles. The van der Waals surface area contributed by atoms with E-state index in [-0.39, 0.29) is 54.7 Å². The first-order valence-corrected chi connectivity index (χ1v) is 16.9. The Bertz CT molecular complexity index is 2410. The molecule has 60 heavy (non-hydrogen) atoms. The Morgan fingerprint density at radius 1 is 0.767 bits per heavy atom. The summed E-state index contributed by atoms with van der Waals surface area (Å²) < 4.78 is 135. The lowest BCUT2D eigenvalue weighted by Crippen LogP contribution is -2.19. The van der Waals surface area contributed by atoms with Crippen LogP contribution >= 0.6 is 24.0 Å². The number of aryl methyl sites for hydroxylation is 2. The molecule has 6 heterocycles. The number of halogens is 12. The third-order valence-corrected chi connectivity index (χ3v) is 7.99. The highest BCUT2D eigenvalue weighted by Crippen LogP contribution is 2.30. The summed E-state index contributed by atoms with van der Waals surface area (Å²) in [6.07, 6.45) is -8.84. The van der Waals surface area contributed by atoms with Crippen molar-refractivity contribution < 1.29 is 58.2 Å². The molecule has 0 fully saturated rings. The second-order valence-electron chi connectivity index (χ2n) is 11.8. The van der Waals surface area contributed by atoms with Crippen molar-refractivity contribution in [2.75, 3.05) is 0 Å². The number of aromatic amines is 1. The molecule has 14 nitrogen and oxygen atoms in total. The van der Waals surface area contributed by atoms with E-state index in [1.807, 2.05) is 0 Å². The molecule has 0 saturated carbocycles. The number of rotatable bonds is 12. The van der Waals surface area contributed by atoms with E-state index in [4.69, 9.17) is 16.3 Å². The van der Waals surface area contributed by atoms with Crippen LogP contribution in [-0.2, 0) is 39.7 Å². The second-order valence-corrected chi connectivity index (χ2v) is 12.1. The fourth-order valence-electron chi connectivity index (χ4n) is 5.22. The third-order valence-electron chi connectivity index (χ3n) is 7.70. The highest BCUT2D eigenvalue weighted by molar-refractivity contribution is 6.17. The van der Waals surface area contributed by atoms with Gasteiger partial charge in [0.05, 0.1) is 22.8 Å². The molecule has 26 heteroatoms. The van der Waals surface area contributed by atoms with Gasteiger partial charge in [-0.05, 0) is 29.8 Å².